The molecule has 0 heterocycles. The van der Waals surface area contributed by atoms with Gasteiger partial charge in [-0.15, -0.1) is 0 Å². The maximum absolute atomic E-state index is 10.6. The summed E-state index contributed by atoms with van der Waals surface area (Å²) in [6.45, 7) is 7.94. The van der Waals surface area contributed by atoms with Crippen LogP contribution in [0, 0.1) is 0 Å². The van der Waals surface area contributed by atoms with Gasteiger partial charge in [-0.2, -0.15) is 5.43 Å². The quantitative estimate of drug-likeness (QED) is 0.312. The van der Waals surface area contributed by atoms with Gasteiger partial charge in [0.15, 0.2) is 0 Å². The number of carbonyl (C=O) groups is 1. The van der Waals surface area contributed by atoms with Crippen LogP contribution in [0.1, 0.15) is 18.9 Å². The van der Waals surface area contributed by atoms with E-state index in [-0.39, 0.29) is 30.7 Å². The van der Waals surface area contributed by atoms with Crippen LogP contribution < -0.4 is 30.2 Å². The number of nitrogens with one attached hydrogen (secondary N) is 1. The number of amides is 1. The van der Waals surface area contributed by atoms with Crippen LogP contribution in [0.25, 0.3) is 0 Å². The lowest BCUT2D eigenvalue weighted by molar-refractivity contribution is -0.905. The molecule has 0 aliphatic heterocycles. The molecule has 0 saturated heterocycles. The van der Waals surface area contributed by atoms with E-state index in [9.17, 15) is 4.79 Å². The van der Waals surface area contributed by atoms with Crippen molar-refractivity contribution in [2.24, 2.45) is 0 Å². The number of rotatable bonds is 6. The lowest BCUT2D eigenvalue weighted by atomic mass is 10.2. The fraction of sp³-hybridized carbons (Fsp3) is 0.500. The largest absolute Gasteiger partial charge is 1.00 e. The number of carbonyl (C=O) groups excluding carboxylic acids is 1. The Morgan fingerprint density at radius 3 is 1.92 bits per heavy atom. The number of halogens is 2. The molecule has 0 aliphatic carbocycles. The van der Waals surface area contributed by atoms with E-state index in [2.05, 4.69) is 63.4 Å². The van der Waals surface area contributed by atoms with Gasteiger partial charge in [-0.1, -0.05) is 43.8 Å². The van der Waals surface area contributed by atoms with Crippen molar-refractivity contribution in [1.82, 2.24) is 5.43 Å². The third-order valence-corrected chi connectivity index (χ3v) is 2.91. The fourth-order valence-corrected chi connectivity index (χ4v) is 2.14. The van der Waals surface area contributed by atoms with E-state index in [4.69, 9.17) is 0 Å². The summed E-state index contributed by atoms with van der Waals surface area (Å²) >= 11 is 0. The van der Waals surface area contributed by atoms with Gasteiger partial charge in [-0.25, -0.2) is 4.59 Å². The Labute approximate surface area is 160 Å². The van der Waals surface area contributed by atoms with Crippen LogP contribution in [0.4, 0.5) is 0 Å². The van der Waals surface area contributed by atoms with Gasteiger partial charge in [-0.05, 0) is 6.42 Å². The highest BCUT2D eigenvalue weighted by Crippen LogP contribution is 2.09. The predicted molar refractivity (Wildman–Crippen MR) is 93.8 cm³/mol. The van der Waals surface area contributed by atoms with Crippen molar-refractivity contribution < 1.29 is 38.7 Å². The van der Waals surface area contributed by atoms with Crippen LogP contribution in [0.5, 0.6) is 0 Å². The lowest BCUT2D eigenvalue weighted by Crippen LogP contribution is -3.00. The average molecular weight is 378 g/mol. The summed E-state index contributed by atoms with van der Waals surface area (Å²) in [6.07, 6.45) is 2.50. The van der Waals surface area contributed by atoms with Crippen molar-refractivity contribution in [2.75, 3.05) is 41.8 Å². The Bertz CT molecular complexity index is 457. The van der Waals surface area contributed by atoms with E-state index in [1.807, 2.05) is 21.1 Å². The zero-order chi connectivity index (χ0) is 17.2. The Morgan fingerprint density at radius 1 is 1.08 bits per heavy atom. The molecule has 0 atom stereocenters. The number of benzene rings is 1. The van der Waals surface area contributed by atoms with Crippen LogP contribution in [-0.4, -0.2) is 56.8 Å². The first-order valence-corrected chi connectivity index (χ1v) is 7.71. The molecule has 1 amide bonds. The summed E-state index contributed by atoms with van der Waals surface area (Å²) in [4.78, 5) is 10.6. The highest BCUT2D eigenvalue weighted by molar-refractivity contribution is 5.85. The standard InChI is InChI=1S/C12H20N.C6H12N2O.2ClH/c1-4-10-13(2,3)11-12-8-6-5-7-9-12;1-5-6(9)7-8(2,3)4;;/h5-9H,4,10-11H2,1-3H3;5H,1H2,2-4H3;2*1H/q+1;;;/p-1. The van der Waals surface area contributed by atoms with Gasteiger partial charge in [0.05, 0.1) is 41.8 Å². The van der Waals surface area contributed by atoms with Gasteiger partial charge < -0.3 is 29.3 Å². The van der Waals surface area contributed by atoms with E-state index in [0.29, 0.717) is 4.59 Å². The van der Waals surface area contributed by atoms with Crippen molar-refractivity contribution >= 4 is 5.91 Å². The molecular formula is C18H33Cl2N3O. The second kappa shape index (κ2) is 13.2. The van der Waals surface area contributed by atoms with Gasteiger partial charge >= 0.3 is 0 Å². The zero-order valence-corrected chi connectivity index (χ0v) is 17.4. The molecule has 0 radical (unpaired) electrons. The Hall–Kier alpha value is -1.07. The van der Waals surface area contributed by atoms with E-state index in [1.165, 1.54) is 24.6 Å². The van der Waals surface area contributed by atoms with E-state index < -0.39 is 0 Å². The molecule has 24 heavy (non-hydrogen) atoms. The molecule has 140 valence electrons. The minimum Gasteiger partial charge on any atom is -1.00 e. The van der Waals surface area contributed by atoms with E-state index in [1.54, 1.807) is 0 Å². The first kappa shape index (κ1) is 27.8. The molecule has 6 heteroatoms. The molecule has 0 unspecified atom stereocenters. The molecule has 1 aromatic rings. The molecule has 1 N–H and O–H groups in total. The molecule has 0 saturated carbocycles. The average Bonchev–Trinajstić information content (AvgIpc) is 2.38. The van der Waals surface area contributed by atoms with Gasteiger partial charge in [0.25, 0.3) is 5.91 Å². The molecule has 0 fully saturated rings. The molecule has 1 rings (SSSR count). The van der Waals surface area contributed by atoms with Crippen LogP contribution in [0.15, 0.2) is 43.0 Å². The summed E-state index contributed by atoms with van der Waals surface area (Å²) in [6, 6.07) is 10.7. The number of hydrogen-bond acceptors (Lipinski definition) is 1. The SMILES string of the molecule is C=CC(=O)N[N+](C)(C)C.CCC[N+](C)(C)Cc1ccccc1.[Cl-].[Cl-]. The second-order valence-electron chi connectivity index (χ2n) is 7.00. The zero-order valence-electron chi connectivity index (χ0n) is 15.9. The van der Waals surface area contributed by atoms with Crippen molar-refractivity contribution in [2.45, 2.75) is 19.9 Å². The highest BCUT2D eigenvalue weighted by atomic mass is 35.5. The molecular weight excluding hydrogens is 345 g/mol. The normalized spacial score (nSPS) is 10.2. The van der Waals surface area contributed by atoms with Gasteiger partial charge in [0.2, 0.25) is 0 Å². The Balaban J connectivity index is -0.000000360. The number of quaternary nitrogens is 2. The monoisotopic (exact) mass is 377 g/mol. The molecule has 4 nitrogen and oxygen atoms in total. The molecule has 1 aromatic carbocycles. The summed E-state index contributed by atoms with van der Waals surface area (Å²) < 4.78 is 1.51. The van der Waals surface area contributed by atoms with Gasteiger partial charge in [-0.3, -0.25) is 4.79 Å². The summed E-state index contributed by atoms with van der Waals surface area (Å²) in [5, 5.41) is 0. The lowest BCUT2D eigenvalue weighted by Gasteiger charge is -2.29. The minimum absolute atomic E-state index is 0. The predicted octanol–water partition coefficient (Wildman–Crippen LogP) is -3.41. The van der Waals surface area contributed by atoms with Crippen LogP contribution >= 0.6 is 0 Å². The maximum Gasteiger partial charge on any atom is 0.288 e. The van der Waals surface area contributed by atoms with Crippen LogP contribution in [-0.2, 0) is 11.3 Å². The second-order valence-corrected chi connectivity index (χ2v) is 7.00. The third-order valence-electron chi connectivity index (χ3n) is 2.91. The Kier molecular flexibility index (Phi) is 15.3. The summed E-state index contributed by atoms with van der Waals surface area (Å²) in [7, 11) is 10.2. The number of nitrogens with zero attached hydrogens (tertiary/aromatic N) is 2. The first-order valence-electron chi connectivity index (χ1n) is 7.71. The first-order chi connectivity index (χ1) is 10.1. The number of hydrogen-bond donors (Lipinski definition) is 1. The maximum atomic E-state index is 10.6. The minimum atomic E-state index is -0.150. The van der Waals surface area contributed by atoms with Crippen LogP contribution in [0.2, 0.25) is 0 Å². The van der Waals surface area contributed by atoms with E-state index in [0.717, 1.165) is 11.0 Å². The van der Waals surface area contributed by atoms with E-state index >= 15 is 0 Å². The molecule has 0 aromatic heterocycles. The van der Waals surface area contributed by atoms with Crippen molar-refractivity contribution in [3.63, 3.8) is 0 Å². The van der Waals surface area contributed by atoms with Crippen LogP contribution in [0.3, 0.4) is 0 Å². The van der Waals surface area contributed by atoms with Crippen molar-refractivity contribution in [3.8, 4) is 0 Å². The van der Waals surface area contributed by atoms with Gasteiger partial charge in [0.1, 0.15) is 6.54 Å². The third kappa shape index (κ3) is 15.8. The highest BCUT2D eigenvalue weighted by Gasteiger charge is 2.13. The smallest absolute Gasteiger partial charge is 0.288 e. The summed E-state index contributed by atoms with van der Waals surface area (Å²) in [5.74, 6) is -0.150. The molecule has 0 aliphatic rings. The van der Waals surface area contributed by atoms with Gasteiger partial charge in [0, 0.05) is 11.6 Å². The fourth-order valence-electron chi connectivity index (χ4n) is 2.14. The van der Waals surface area contributed by atoms with Crippen molar-refractivity contribution in [1.29, 1.82) is 0 Å². The Morgan fingerprint density at radius 2 is 1.58 bits per heavy atom. The molecule has 0 bridgehead atoms. The van der Waals surface area contributed by atoms with Crippen molar-refractivity contribution in [3.05, 3.63) is 48.6 Å². The topological polar surface area (TPSA) is 29.1 Å². The molecule has 0 spiro atoms. The summed E-state index contributed by atoms with van der Waals surface area (Å²) in [5.41, 5.74) is 4.08.